The molecular formula is C17H16F6N8O3S. The van der Waals surface area contributed by atoms with E-state index in [1.165, 1.54) is 16.9 Å². The number of fused-ring (bicyclic) bond motifs is 1. The third kappa shape index (κ3) is 8.09. The van der Waals surface area contributed by atoms with Gasteiger partial charge in [0, 0.05) is 4.90 Å². The smallest absolute Gasteiger partial charge is 0.383 e. The average Bonchev–Trinajstić information content (AvgIpc) is 3.35. The van der Waals surface area contributed by atoms with E-state index in [0.29, 0.717) is 21.0 Å². The van der Waals surface area contributed by atoms with Gasteiger partial charge in [-0.15, -0.1) is 16.9 Å². The van der Waals surface area contributed by atoms with Gasteiger partial charge in [0.25, 0.3) is 5.91 Å². The minimum Gasteiger partial charge on any atom is -0.383 e. The first kappa shape index (κ1) is 26.2. The van der Waals surface area contributed by atoms with Crippen molar-refractivity contribution in [3.05, 3.63) is 36.0 Å². The average molecular weight is 526 g/mol. The molecule has 0 aliphatic heterocycles. The Labute approximate surface area is 195 Å². The molecular weight excluding hydrogens is 510 g/mol. The quantitative estimate of drug-likeness (QED) is 0.215. The molecule has 1 unspecified atom stereocenters. The maximum atomic E-state index is 12.4. The maximum Gasteiger partial charge on any atom is 0.409 e. The summed E-state index contributed by atoms with van der Waals surface area (Å²) in [5.41, 5.74) is 0.398. The molecule has 0 aliphatic rings. The number of thioether (sulfide) groups is 1. The molecule has 0 aliphatic carbocycles. The Morgan fingerprint density at radius 3 is 2.51 bits per heavy atom. The molecule has 0 bridgehead atoms. The molecule has 0 radical (unpaired) electrons. The number of amides is 2. The summed E-state index contributed by atoms with van der Waals surface area (Å²) in [6, 6.07) is 1.56. The zero-order chi connectivity index (χ0) is 25.8. The van der Waals surface area contributed by atoms with Crippen LogP contribution in [0.2, 0.25) is 0 Å². The van der Waals surface area contributed by atoms with Crippen LogP contribution in [0, 0.1) is 0 Å². The van der Waals surface area contributed by atoms with Gasteiger partial charge in [-0.1, -0.05) is 0 Å². The van der Waals surface area contributed by atoms with E-state index < -0.39 is 43.2 Å². The van der Waals surface area contributed by atoms with Crippen LogP contribution >= 0.6 is 11.8 Å². The summed E-state index contributed by atoms with van der Waals surface area (Å²) in [5.74, 6) is -2.06. The summed E-state index contributed by atoms with van der Waals surface area (Å²) in [6.07, 6.45) is -9.29. The third-order valence-electron chi connectivity index (χ3n) is 4.08. The van der Waals surface area contributed by atoms with Crippen molar-refractivity contribution in [1.82, 2.24) is 40.2 Å². The molecule has 2 amide bonds. The number of hydrogen-bond donors (Lipinski definition) is 3. The first-order valence-corrected chi connectivity index (χ1v) is 10.5. The van der Waals surface area contributed by atoms with E-state index in [0.717, 1.165) is 18.0 Å². The number of halogens is 6. The van der Waals surface area contributed by atoms with Crippen molar-refractivity contribution in [3.8, 4) is 0 Å². The number of aliphatic hydroxyl groups is 1. The highest BCUT2D eigenvalue weighted by atomic mass is 32.2. The number of imidazole rings is 1. The van der Waals surface area contributed by atoms with Gasteiger partial charge in [0.1, 0.15) is 6.10 Å². The molecule has 3 heterocycles. The highest BCUT2D eigenvalue weighted by molar-refractivity contribution is 7.99. The second-order valence-corrected chi connectivity index (χ2v) is 8.00. The largest absolute Gasteiger partial charge is 0.409 e. The summed E-state index contributed by atoms with van der Waals surface area (Å²) in [5, 5.41) is 24.8. The van der Waals surface area contributed by atoms with Crippen LogP contribution < -0.4 is 10.6 Å². The Bertz CT molecular complexity index is 1190. The molecule has 0 saturated heterocycles. The fourth-order valence-corrected chi connectivity index (χ4v) is 3.28. The summed E-state index contributed by atoms with van der Waals surface area (Å²) < 4.78 is 75.1. The molecule has 1 atom stereocenters. The van der Waals surface area contributed by atoms with Gasteiger partial charge in [-0.3, -0.25) is 9.59 Å². The number of rotatable bonds is 9. The van der Waals surface area contributed by atoms with Crippen LogP contribution in [0.15, 0.2) is 29.6 Å². The first-order valence-electron chi connectivity index (χ1n) is 9.54. The van der Waals surface area contributed by atoms with Gasteiger partial charge in [-0.25, -0.2) is 9.50 Å². The zero-order valence-electron chi connectivity index (χ0n) is 17.3. The number of nitrogens with zero attached hydrogens (tertiary/aromatic N) is 6. The van der Waals surface area contributed by atoms with Gasteiger partial charge >= 0.3 is 12.4 Å². The fourth-order valence-electron chi connectivity index (χ4n) is 2.59. The number of nitrogens with one attached hydrogen (secondary N) is 2. The predicted molar refractivity (Wildman–Crippen MR) is 106 cm³/mol. The molecule has 0 saturated carbocycles. The van der Waals surface area contributed by atoms with Crippen LogP contribution in [0.1, 0.15) is 22.6 Å². The molecule has 3 aromatic rings. The maximum absolute atomic E-state index is 12.4. The normalized spacial score (nSPS) is 13.1. The van der Waals surface area contributed by atoms with Gasteiger partial charge in [0.2, 0.25) is 5.91 Å². The number of aliphatic hydroxyl groups excluding tert-OH is 1. The van der Waals surface area contributed by atoms with Crippen molar-refractivity contribution in [2.24, 2.45) is 0 Å². The molecule has 35 heavy (non-hydrogen) atoms. The van der Waals surface area contributed by atoms with E-state index in [4.69, 9.17) is 0 Å². The van der Waals surface area contributed by atoms with Gasteiger partial charge in [0.05, 0.1) is 43.1 Å². The lowest BCUT2D eigenvalue weighted by Crippen LogP contribution is -2.37. The standard InChI is InChI=1S/C17H16F6N8O3S/c18-16(19,20)2-12(32)15(34)25-8-35-10-1-13-28-9(6-30(13)26-4-10)3-24-14(33)11-5-27-31(29-11)7-17(21,22)23/h1,4-6,12,32H,2-3,7-8H2,(H,24,33)(H,25,34). The molecule has 3 rings (SSSR count). The van der Waals surface area contributed by atoms with Crippen molar-refractivity contribution < 1.29 is 41.0 Å². The van der Waals surface area contributed by atoms with Gasteiger partial charge in [-0.2, -0.15) is 41.3 Å². The number of aromatic nitrogens is 6. The Balaban J connectivity index is 1.51. The Morgan fingerprint density at radius 2 is 1.83 bits per heavy atom. The lowest BCUT2D eigenvalue weighted by atomic mass is 10.2. The summed E-state index contributed by atoms with van der Waals surface area (Å²) in [7, 11) is 0. The molecule has 18 heteroatoms. The second kappa shape index (κ2) is 10.5. The van der Waals surface area contributed by atoms with E-state index in [1.807, 2.05) is 0 Å². The lowest BCUT2D eigenvalue weighted by molar-refractivity contribution is -0.163. The van der Waals surface area contributed by atoms with E-state index in [-0.39, 0.29) is 18.1 Å². The molecule has 11 nitrogen and oxygen atoms in total. The van der Waals surface area contributed by atoms with Gasteiger partial charge in [-0.05, 0) is 6.07 Å². The Morgan fingerprint density at radius 1 is 1.09 bits per heavy atom. The van der Waals surface area contributed by atoms with E-state index in [9.17, 15) is 41.0 Å². The predicted octanol–water partition coefficient (Wildman–Crippen LogP) is 1.29. The van der Waals surface area contributed by atoms with Crippen LogP contribution in [0.3, 0.4) is 0 Å². The minimum atomic E-state index is -4.68. The van der Waals surface area contributed by atoms with Crippen molar-refractivity contribution >= 4 is 29.2 Å². The van der Waals surface area contributed by atoms with Crippen molar-refractivity contribution in [1.29, 1.82) is 0 Å². The Hall–Kier alpha value is -3.41. The monoisotopic (exact) mass is 526 g/mol. The number of carbonyl (C=O) groups excluding carboxylic acids is 2. The summed E-state index contributed by atoms with van der Waals surface area (Å²) in [6.45, 7) is -1.53. The molecule has 3 aromatic heterocycles. The number of carbonyl (C=O) groups is 2. The number of hydrogen-bond acceptors (Lipinski definition) is 8. The van der Waals surface area contributed by atoms with Crippen LogP contribution in [0.4, 0.5) is 26.3 Å². The molecule has 190 valence electrons. The lowest BCUT2D eigenvalue weighted by Gasteiger charge is -2.13. The van der Waals surface area contributed by atoms with E-state index in [1.54, 1.807) is 6.07 Å². The van der Waals surface area contributed by atoms with Gasteiger partial charge in [0.15, 0.2) is 17.9 Å². The SMILES string of the molecule is O=C(NCc1cn2ncc(SCNC(=O)C(O)CC(F)(F)F)cc2n1)c1cnn(CC(F)(F)F)n1. The van der Waals surface area contributed by atoms with Crippen LogP contribution in [0.25, 0.3) is 5.65 Å². The van der Waals surface area contributed by atoms with E-state index in [2.05, 4.69) is 30.9 Å². The van der Waals surface area contributed by atoms with Crippen molar-refractivity contribution in [3.63, 3.8) is 0 Å². The van der Waals surface area contributed by atoms with Gasteiger partial charge < -0.3 is 15.7 Å². The summed E-state index contributed by atoms with van der Waals surface area (Å²) in [4.78, 5) is 28.7. The fraction of sp³-hybridized carbons (Fsp3) is 0.412. The van der Waals surface area contributed by atoms with Crippen molar-refractivity contribution in [2.45, 2.75) is 42.9 Å². The van der Waals surface area contributed by atoms with Crippen LogP contribution in [-0.2, 0) is 17.9 Å². The topological polar surface area (TPSA) is 139 Å². The highest BCUT2D eigenvalue weighted by Gasteiger charge is 2.34. The highest BCUT2D eigenvalue weighted by Crippen LogP contribution is 2.22. The second-order valence-electron chi connectivity index (χ2n) is 6.95. The van der Waals surface area contributed by atoms with Crippen LogP contribution in [0.5, 0.6) is 0 Å². The molecule has 3 N–H and O–H groups in total. The molecule has 0 fully saturated rings. The Kier molecular flexibility index (Phi) is 7.83. The summed E-state index contributed by atoms with van der Waals surface area (Å²) >= 11 is 1.02. The molecule has 0 aromatic carbocycles. The number of alkyl halides is 6. The minimum absolute atomic E-state index is 0.0933. The zero-order valence-corrected chi connectivity index (χ0v) is 18.2. The first-order chi connectivity index (χ1) is 16.3. The van der Waals surface area contributed by atoms with E-state index >= 15 is 0 Å². The third-order valence-corrected chi connectivity index (χ3v) is 4.92. The van der Waals surface area contributed by atoms with Crippen molar-refractivity contribution in [2.75, 3.05) is 5.88 Å². The molecule has 0 spiro atoms. The van der Waals surface area contributed by atoms with Crippen LogP contribution in [-0.4, -0.2) is 70.8 Å².